The SMILES string of the molecule is CC1CCC(COc2ncccc2Cl)CN1C(=O)c1ccccc1-n1nccn1. The molecule has 4 rings (SSSR count). The van der Waals surface area contributed by atoms with Crippen LogP contribution in [0.2, 0.25) is 5.02 Å². The molecule has 0 bridgehead atoms. The fourth-order valence-corrected chi connectivity index (χ4v) is 3.78. The minimum absolute atomic E-state index is 0.0223. The molecule has 2 aromatic heterocycles. The fourth-order valence-electron chi connectivity index (χ4n) is 3.60. The molecule has 1 aliphatic heterocycles. The fraction of sp³-hybridized carbons (Fsp3) is 0.333. The van der Waals surface area contributed by atoms with E-state index in [2.05, 4.69) is 22.1 Å². The van der Waals surface area contributed by atoms with Gasteiger partial charge in [-0.2, -0.15) is 15.0 Å². The van der Waals surface area contributed by atoms with Gasteiger partial charge in [0, 0.05) is 24.7 Å². The predicted octanol–water partition coefficient (Wildman–Crippen LogP) is 3.64. The van der Waals surface area contributed by atoms with Gasteiger partial charge in [0.15, 0.2) is 0 Å². The summed E-state index contributed by atoms with van der Waals surface area (Å²) in [4.78, 5) is 20.9. The Labute approximate surface area is 174 Å². The number of piperidine rings is 1. The van der Waals surface area contributed by atoms with Gasteiger partial charge in [-0.1, -0.05) is 23.7 Å². The Hall–Kier alpha value is -2.93. The Bertz CT molecular complexity index is 979. The lowest BCUT2D eigenvalue weighted by Crippen LogP contribution is -2.47. The molecular formula is C21H22ClN5O2. The molecule has 7 nitrogen and oxygen atoms in total. The van der Waals surface area contributed by atoms with Gasteiger partial charge < -0.3 is 9.64 Å². The summed E-state index contributed by atoms with van der Waals surface area (Å²) in [5.74, 6) is 0.620. The maximum absolute atomic E-state index is 13.4. The van der Waals surface area contributed by atoms with Gasteiger partial charge in [0.2, 0.25) is 5.88 Å². The second-order valence-electron chi connectivity index (χ2n) is 7.19. The molecule has 0 spiro atoms. The van der Waals surface area contributed by atoms with Crippen molar-refractivity contribution in [2.75, 3.05) is 13.2 Å². The van der Waals surface area contributed by atoms with Crippen LogP contribution in [0.3, 0.4) is 0 Å². The number of hydrogen-bond acceptors (Lipinski definition) is 5. The number of likely N-dealkylation sites (tertiary alicyclic amines) is 1. The van der Waals surface area contributed by atoms with Crippen LogP contribution in [0.25, 0.3) is 5.69 Å². The van der Waals surface area contributed by atoms with E-state index in [0.717, 1.165) is 12.8 Å². The molecule has 8 heteroatoms. The number of pyridine rings is 1. The summed E-state index contributed by atoms with van der Waals surface area (Å²) in [7, 11) is 0. The van der Waals surface area contributed by atoms with E-state index in [1.54, 1.807) is 30.7 Å². The third-order valence-corrected chi connectivity index (χ3v) is 5.48. The molecule has 29 heavy (non-hydrogen) atoms. The van der Waals surface area contributed by atoms with E-state index in [1.165, 1.54) is 4.80 Å². The Balaban J connectivity index is 1.49. The standard InChI is InChI=1S/C21H22ClN5O2/c1-15-8-9-16(14-29-20-18(22)6-4-10-23-20)13-26(15)21(28)17-5-2-3-7-19(17)27-24-11-12-25-27/h2-7,10-12,15-16H,8-9,13-14H2,1H3. The van der Waals surface area contributed by atoms with Gasteiger partial charge >= 0.3 is 0 Å². The maximum Gasteiger partial charge on any atom is 0.256 e. The Kier molecular flexibility index (Phi) is 5.76. The summed E-state index contributed by atoms with van der Waals surface area (Å²) < 4.78 is 5.82. The van der Waals surface area contributed by atoms with Crippen LogP contribution in [0, 0.1) is 5.92 Å². The van der Waals surface area contributed by atoms with E-state index in [9.17, 15) is 4.79 Å². The average molecular weight is 412 g/mol. The highest BCUT2D eigenvalue weighted by Crippen LogP contribution is 2.27. The zero-order valence-corrected chi connectivity index (χ0v) is 16.9. The van der Waals surface area contributed by atoms with Gasteiger partial charge in [-0.05, 0) is 44.0 Å². The van der Waals surface area contributed by atoms with Crippen LogP contribution in [0.15, 0.2) is 55.0 Å². The number of carbonyl (C=O) groups excluding carboxylic acids is 1. The van der Waals surface area contributed by atoms with Gasteiger partial charge in [-0.25, -0.2) is 4.98 Å². The highest BCUT2D eigenvalue weighted by molar-refractivity contribution is 6.31. The molecular weight excluding hydrogens is 390 g/mol. The van der Waals surface area contributed by atoms with Gasteiger partial charge in [0.1, 0.15) is 5.02 Å². The molecule has 3 heterocycles. The van der Waals surface area contributed by atoms with Crippen molar-refractivity contribution < 1.29 is 9.53 Å². The van der Waals surface area contributed by atoms with E-state index in [-0.39, 0.29) is 17.9 Å². The first-order valence-electron chi connectivity index (χ1n) is 9.63. The van der Waals surface area contributed by atoms with Gasteiger partial charge in [0.05, 0.1) is 30.3 Å². The molecule has 1 aliphatic rings. The molecule has 1 fully saturated rings. The number of rotatable bonds is 5. The third-order valence-electron chi connectivity index (χ3n) is 5.19. The number of hydrogen-bond donors (Lipinski definition) is 0. The van der Waals surface area contributed by atoms with Gasteiger partial charge in [-0.3, -0.25) is 4.79 Å². The Morgan fingerprint density at radius 1 is 1.14 bits per heavy atom. The van der Waals surface area contributed by atoms with Crippen LogP contribution in [0.4, 0.5) is 0 Å². The smallest absolute Gasteiger partial charge is 0.256 e. The molecule has 150 valence electrons. The topological polar surface area (TPSA) is 73.1 Å². The number of carbonyl (C=O) groups is 1. The first-order valence-corrected chi connectivity index (χ1v) is 10.0. The van der Waals surface area contributed by atoms with Crippen molar-refractivity contribution >= 4 is 17.5 Å². The van der Waals surface area contributed by atoms with E-state index >= 15 is 0 Å². The van der Waals surface area contributed by atoms with Crippen molar-refractivity contribution in [2.24, 2.45) is 5.92 Å². The van der Waals surface area contributed by atoms with E-state index < -0.39 is 0 Å². The number of benzene rings is 1. The number of halogens is 1. The lowest BCUT2D eigenvalue weighted by atomic mass is 9.93. The number of nitrogens with zero attached hydrogens (tertiary/aromatic N) is 5. The molecule has 3 aromatic rings. The van der Waals surface area contributed by atoms with Crippen LogP contribution in [0.5, 0.6) is 5.88 Å². The minimum Gasteiger partial charge on any atom is -0.476 e. The van der Waals surface area contributed by atoms with Crippen LogP contribution in [-0.2, 0) is 0 Å². The summed E-state index contributed by atoms with van der Waals surface area (Å²) in [6.45, 7) is 3.17. The quantitative estimate of drug-likeness (QED) is 0.640. The Morgan fingerprint density at radius 2 is 1.93 bits per heavy atom. The van der Waals surface area contributed by atoms with E-state index in [1.807, 2.05) is 29.2 Å². The van der Waals surface area contributed by atoms with Crippen molar-refractivity contribution in [3.8, 4) is 11.6 Å². The first kappa shape index (κ1) is 19.4. The molecule has 0 N–H and O–H groups in total. The third kappa shape index (κ3) is 4.24. The van der Waals surface area contributed by atoms with E-state index in [0.29, 0.717) is 35.3 Å². The predicted molar refractivity (Wildman–Crippen MR) is 109 cm³/mol. The number of amides is 1. The van der Waals surface area contributed by atoms with Gasteiger partial charge in [-0.15, -0.1) is 0 Å². The van der Waals surface area contributed by atoms with E-state index in [4.69, 9.17) is 16.3 Å². The second-order valence-corrected chi connectivity index (χ2v) is 7.59. The monoisotopic (exact) mass is 411 g/mol. The minimum atomic E-state index is -0.0223. The summed E-state index contributed by atoms with van der Waals surface area (Å²) in [5, 5.41) is 8.84. The highest BCUT2D eigenvalue weighted by Gasteiger charge is 2.31. The first-order chi connectivity index (χ1) is 14.1. The van der Waals surface area contributed by atoms with Crippen molar-refractivity contribution in [2.45, 2.75) is 25.8 Å². The van der Waals surface area contributed by atoms with Crippen molar-refractivity contribution in [3.63, 3.8) is 0 Å². The molecule has 1 aromatic carbocycles. The van der Waals surface area contributed by atoms with Crippen LogP contribution < -0.4 is 4.74 Å². The maximum atomic E-state index is 13.4. The zero-order chi connectivity index (χ0) is 20.2. The normalized spacial score (nSPS) is 19.2. The largest absolute Gasteiger partial charge is 0.476 e. The van der Waals surface area contributed by atoms with Gasteiger partial charge in [0.25, 0.3) is 5.91 Å². The van der Waals surface area contributed by atoms with Crippen molar-refractivity contribution in [1.82, 2.24) is 24.9 Å². The molecule has 2 atom stereocenters. The molecule has 0 radical (unpaired) electrons. The van der Waals surface area contributed by atoms with Crippen LogP contribution >= 0.6 is 11.6 Å². The lowest BCUT2D eigenvalue weighted by Gasteiger charge is -2.38. The molecule has 0 saturated carbocycles. The number of aromatic nitrogens is 4. The molecule has 2 unspecified atom stereocenters. The highest BCUT2D eigenvalue weighted by atomic mass is 35.5. The number of ether oxygens (including phenoxy) is 1. The summed E-state index contributed by atoms with van der Waals surface area (Å²) in [6.07, 6.45) is 6.75. The van der Waals surface area contributed by atoms with Crippen LogP contribution in [0.1, 0.15) is 30.1 Å². The summed E-state index contributed by atoms with van der Waals surface area (Å²) >= 11 is 6.12. The van der Waals surface area contributed by atoms with Crippen LogP contribution in [-0.4, -0.2) is 50.0 Å². The summed E-state index contributed by atoms with van der Waals surface area (Å²) in [5.41, 5.74) is 1.26. The number of para-hydroxylation sites is 1. The second kappa shape index (κ2) is 8.61. The van der Waals surface area contributed by atoms with Crippen molar-refractivity contribution in [1.29, 1.82) is 0 Å². The van der Waals surface area contributed by atoms with Crippen molar-refractivity contribution in [3.05, 3.63) is 65.6 Å². The molecule has 0 aliphatic carbocycles. The average Bonchev–Trinajstić information content (AvgIpc) is 3.28. The molecule has 1 amide bonds. The molecule has 1 saturated heterocycles. The lowest BCUT2D eigenvalue weighted by molar-refractivity contribution is 0.0502. The Morgan fingerprint density at radius 3 is 2.72 bits per heavy atom. The summed E-state index contributed by atoms with van der Waals surface area (Å²) in [6, 6.07) is 11.1. The zero-order valence-electron chi connectivity index (χ0n) is 16.1.